The van der Waals surface area contributed by atoms with Crippen LogP contribution in [0.5, 0.6) is 0 Å². The SMILES string of the molecule is CC/C=C\C/C=C\C/C=C\C/C=C\CCCCCCCCCCC(=O)OCC(COC(=O)CCCCCCCCC/C=C\C/C=C\CCCCC)OC(=O)CCCCCCCCC/C=C\C/C=C\CCCCC. The molecule has 1 atom stereocenters. The van der Waals surface area contributed by atoms with Crippen LogP contribution >= 0.6 is 0 Å². The van der Waals surface area contributed by atoms with Crippen LogP contribution in [0, 0.1) is 0 Å². The fourth-order valence-electron chi connectivity index (χ4n) is 8.44. The molecule has 0 aromatic rings. The van der Waals surface area contributed by atoms with Crippen molar-refractivity contribution >= 4 is 17.9 Å². The number of allylic oxidation sites excluding steroid dienone is 16. The monoisotopic (exact) mass is 1010 g/mol. The van der Waals surface area contributed by atoms with Gasteiger partial charge in [0.25, 0.3) is 0 Å². The summed E-state index contributed by atoms with van der Waals surface area (Å²) in [6, 6.07) is 0. The van der Waals surface area contributed by atoms with Gasteiger partial charge in [-0.05, 0) is 122 Å². The Labute approximate surface area is 451 Å². The molecule has 0 aliphatic rings. The summed E-state index contributed by atoms with van der Waals surface area (Å²) >= 11 is 0. The molecule has 0 heterocycles. The highest BCUT2D eigenvalue weighted by molar-refractivity contribution is 5.71. The summed E-state index contributed by atoms with van der Waals surface area (Å²) in [6.45, 7) is 6.48. The van der Waals surface area contributed by atoms with Crippen LogP contribution in [0.3, 0.4) is 0 Å². The summed E-state index contributed by atoms with van der Waals surface area (Å²) in [5, 5.41) is 0. The minimum Gasteiger partial charge on any atom is -0.462 e. The third-order valence-corrected chi connectivity index (χ3v) is 13.0. The van der Waals surface area contributed by atoms with E-state index in [1.165, 1.54) is 135 Å². The third-order valence-electron chi connectivity index (χ3n) is 13.0. The minimum atomic E-state index is -0.791. The smallest absolute Gasteiger partial charge is 0.306 e. The molecule has 0 rings (SSSR count). The van der Waals surface area contributed by atoms with Crippen molar-refractivity contribution in [1.82, 2.24) is 0 Å². The summed E-state index contributed by atoms with van der Waals surface area (Å²) in [7, 11) is 0. The number of carbonyl (C=O) groups excluding carboxylic acids is 3. The fraction of sp³-hybridized carbons (Fsp3) is 0.716. The first-order valence-electron chi connectivity index (χ1n) is 30.7. The van der Waals surface area contributed by atoms with E-state index < -0.39 is 6.10 Å². The van der Waals surface area contributed by atoms with Gasteiger partial charge in [-0.15, -0.1) is 0 Å². The minimum absolute atomic E-state index is 0.0874. The predicted octanol–water partition coefficient (Wildman–Crippen LogP) is 20.9. The van der Waals surface area contributed by atoms with Gasteiger partial charge in [0.15, 0.2) is 6.10 Å². The van der Waals surface area contributed by atoms with Crippen molar-refractivity contribution in [2.45, 2.75) is 297 Å². The van der Waals surface area contributed by atoms with Crippen molar-refractivity contribution in [3.05, 3.63) is 97.2 Å². The first kappa shape index (κ1) is 69.3. The van der Waals surface area contributed by atoms with E-state index in [9.17, 15) is 14.4 Å². The Morgan fingerprint density at radius 2 is 0.534 bits per heavy atom. The molecular weight excluding hydrogens is 901 g/mol. The number of hydrogen-bond acceptors (Lipinski definition) is 6. The van der Waals surface area contributed by atoms with Gasteiger partial charge in [0.1, 0.15) is 13.2 Å². The zero-order chi connectivity index (χ0) is 52.9. The Morgan fingerprint density at radius 1 is 0.288 bits per heavy atom. The van der Waals surface area contributed by atoms with Crippen LogP contribution in [0.25, 0.3) is 0 Å². The van der Waals surface area contributed by atoms with Crippen molar-refractivity contribution in [3.8, 4) is 0 Å². The molecule has 0 radical (unpaired) electrons. The molecule has 6 heteroatoms. The maximum Gasteiger partial charge on any atom is 0.306 e. The largest absolute Gasteiger partial charge is 0.462 e. The molecule has 0 aliphatic heterocycles. The van der Waals surface area contributed by atoms with Crippen molar-refractivity contribution in [1.29, 1.82) is 0 Å². The first-order chi connectivity index (χ1) is 36.0. The van der Waals surface area contributed by atoms with Crippen LogP contribution in [0.4, 0.5) is 0 Å². The molecule has 0 saturated heterocycles. The van der Waals surface area contributed by atoms with Crippen LogP contribution in [0.15, 0.2) is 97.2 Å². The van der Waals surface area contributed by atoms with E-state index in [2.05, 4.69) is 118 Å². The lowest BCUT2D eigenvalue weighted by Gasteiger charge is -2.18. The van der Waals surface area contributed by atoms with Crippen LogP contribution in [0.1, 0.15) is 290 Å². The molecule has 0 aliphatic carbocycles. The molecule has 0 amide bonds. The zero-order valence-corrected chi connectivity index (χ0v) is 47.9. The van der Waals surface area contributed by atoms with Crippen LogP contribution < -0.4 is 0 Å². The molecule has 0 N–H and O–H groups in total. The van der Waals surface area contributed by atoms with Gasteiger partial charge < -0.3 is 14.2 Å². The van der Waals surface area contributed by atoms with Crippen molar-refractivity contribution in [3.63, 3.8) is 0 Å². The van der Waals surface area contributed by atoms with Crippen LogP contribution in [-0.2, 0) is 28.6 Å². The summed E-state index contributed by atoms with van der Waals surface area (Å²) in [5.74, 6) is -0.903. The molecule has 0 aromatic heterocycles. The number of ether oxygens (including phenoxy) is 3. The number of carbonyl (C=O) groups is 3. The Kier molecular flexibility index (Phi) is 57.8. The molecule has 0 aromatic carbocycles. The molecule has 0 spiro atoms. The molecule has 1 unspecified atom stereocenters. The van der Waals surface area contributed by atoms with Gasteiger partial charge in [0, 0.05) is 19.3 Å². The van der Waals surface area contributed by atoms with E-state index in [-0.39, 0.29) is 31.1 Å². The van der Waals surface area contributed by atoms with E-state index in [1.54, 1.807) is 0 Å². The van der Waals surface area contributed by atoms with Gasteiger partial charge in [-0.1, -0.05) is 246 Å². The standard InChI is InChI=1S/C67H114O6/c1-4-7-10-13-16-19-22-25-28-31-32-33-34-37-39-42-45-48-51-54-57-60-66(69)72-63-64(73-67(70)61-58-55-52-49-46-43-40-36-30-27-24-21-18-15-12-9-6-3)62-71-65(68)59-56-53-50-47-44-41-38-35-29-26-23-20-17-14-11-8-5-2/h7,10,16-21,25-30,32-33,64H,4-6,8-9,11-15,22-24,31,34-63H2,1-3H3/b10-7-,19-16-,20-17-,21-18-,28-25-,29-26-,30-27-,33-32-. The zero-order valence-electron chi connectivity index (χ0n) is 47.9. The van der Waals surface area contributed by atoms with E-state index in [0.717, 1.165) is 116 Å². The number of esters is 3. The summed E-state index contributed by atoms with van der Waals surface area (Å²) < 4.78 is 16.9. The highest BCUT2D eigenvalue weighted by Crippen LogP contribution is 2.15. The topological polar surface area (TPSA) is 78.9 Å². The average Bonchev–Trinajstić information content (AvgIpc) is 3.39. The van der Waals surface area contributed by atoms with Crippen LogP contribution in [-0.4, -0.2) is 37.2 Å². The Hall–Kier alpha value is -3.67. The molecular formula is C67H114O6. The van der Waals surface area contributed by atoms with E-state index in [0.29, 0.717) is 19.3 Å². The summed E-state index contributed by atoms with van der Waals surface area (Å²) in [5.41, 5.74) is 0. The maximum atomic E-state index is 12.9. The van der Waals surface area contributed by atoms with Crippen LogP contribution in [0.2, 0.25) is 0 Å². The van der Waals surface area contributed by atoms with E-state index in [4.69, 9.17) is 14.2 Å². The second-order valence-corrected chi connectivity index (χ2v) is 20.2. The maximum absolute atomic E-state index is 12.9. The Balaban J connectivity index is 4.42. The lowest BCUT2D eigenvalue weighted by molar-refractivity contribution is -0.167. The second kappa shape index (κ2) is 60.9. The fourth-order valence-corrected chi connectivity index (χ4v) is 8.44. The second-order valence-electron chi connectivity index (χ2n) is 20.2. The molecule has 0 fully saturated rings. The van der Waals surface area contributed by atoms with Gasteiger partial charge in [0.05, 0.1) is 0 Å². The number of unbranched alkanes of at least 4 members (excludes halogenated alkanes) is 28. The lowest BCUT2D eigenvalue weighted by Crippen LogP contribution is -2.30. The highest BCUT2D eigenvalue weighted by Gasteiger charge is 2.19. The Morgan fingerprint density at radius 3 is 0.836 bits per heavy atom. The van der Waals surface area contributed by atoms with Gasteiger partial charge >= 0.3 is 17.9 Å². The van der Waals surface area contributed by atoms with Crippen molar-refractivity contribution < 1.29 is 28.6 Å². The molecule has 73 heavy (non-hydrogen) atoms. The molecule has 0 saturated carbocycles. The van der Waals surface area contributed by atoms with Crippen molar-refractivity contribution in [2.75, 3.05) is 13.2 Å². The van der Waals surface area contributed by atoms with Gasteiger partial charge in [-0.2, -0.15) is 0 Å². The lowest BCUT2D eigenvalue weighted by atomic mass is 10.1. The number of rotatable bonds is 55. The average molecular weight is 1020 g/mol. The summed E-state index contributed by atoms with van der Waals surface area (Å²) in [4.78, 5) is 38.3. The van der Waals surface area contributed by atoms with Gasteiger partial charge in [-0.3, -0.25) is 14.4 Å². The van der Waals surface area contributed by atoms with Gasteiger partial charge in [0.2, 0.25) is 0 Å². The predicted molar refractivity (Wildman–Crippen MR) is 316 cm³/mol. The normalized spacial score (nSPS) is 12.8. The highest BCUT2D eigenvalue weighted by atomic mass is 16.6. The molecule has 0 bridgehead atoms. The Bertz CT molecular complexity index is 1440. The first-order valence-corrected chi connectivity index (χ1v) is 30.7. The van der Waals surface area contributed by atoms with Crippen molar-refractivity contribution in [2.24, 2.45) is 0 Å². The quantitative estimate of drug-likeness (QED) is 0.0261. The van der Waals surface area contributed by atoms with E-state index >= 15 is 0 Å². The summed E-state index contributed by atoms with van der Waals surface area (Å²) in [6.07, 6.45) is 81.1. The molecule has 6 nitrogen and oxygen atoms in total. The third kappa shape index (κ3) is 59.1. The van der Waals surface area contributed by atoms with Gasteiger partial charge in [-0.25, -0.2) is 0 Å². The number of hydrogen-bond donors (Lipinski definition) is 0. The molecule has 418 valence electrons. The van der Waals surface area contributed by atoms with E-state index in [1.807, 2.05) is 0 Å².